The molecule has 0 bridgehead atoms. The number of carbonyl (C=O) groups excluding carboxylic acids is 1. The summed E-state index contributed by atoms with van der Waals surface area (Å²) in [5.41, 5.74) is 3.37. The normalized spacial score (nSPS) is 12.5. The second-order valence-electron chi connectivity index (χ2n) is 6.07. The molecule has 0 aliphatic rings. The highest BCUT2D eigenvalue weighted by Gasteiger charge is 2.17. The van der Waals surface area contributed by atoms with E-state index in [4.69, 9.17) is 23.2 Å². The average Bonchev–Trinajstić information content (AvgIpc) is 2.92. The van der Waals surface area contributed by atoms with Gasteiger partial charge in [0.15, 0.2) is 0 Å². The lowest BCUT2D eigenvalue weighted by atomic mass is 10.1. The summed E-state index contributed by atoms with van der Waals surface area (Å²) in [6, 6.07) is 0. The lowest BCUT2D eigenvalue weighted by Gasteiger charge is -2.14. The zero-order chi connectivity index (χ0) is 18.0. The molecule has 6 nitrogen and oxygen atoms in total. The smallest absolute Gasteiger partial charge is 0.224 e. The Morgan fingerprint density at radius 1 is 1.04 bits per heavy atom. The molecule has 2 heterocycles. The SMILES string of the molecule is Cc1nn(CCNC(=O)C(C)Cn2nc(C)c(Cl)c2C)c(C)c1Cl. The highest BCUT2D eigenvalue weighted by atomic mass is 35.5. The van der Waals surface area contributed by atoms with Gasteiger partial charge in [0, 0.05) is 6.54 Å². The minimum absolute atomic E-state index is 0.0219. The molecule has 0 aliphatic carbocycles. The molecule has 0 fully saturated rings. The van der Waals surface area contributed by atoms with Gasteiger partial charge in [0.2, 0.25) is 5.91 Å². The Hall–Kier alpha value is -1.53. The van der Waals surface area contributed by atoms with Crippen LogP contribution in [0.2, 0.25) is 10.0 Å². The number of aryl methyl sites for hydroxylation is 2. The molecule has 0 aromatic carbocycles. The minimum Gasteiger partial charge on any atom is -0.354 e. The number of nitrogens with zero attached hydrogens (tertiary/aromatic N) is 4. The molecule has 2 aromatic rings. The van der Waals surface area contributed by atoms with E-state index < -0.39 is 0 Å². The summed E-state index contributed by atoms with van der Waals surface area (Å²) in [5, 5.41) is 13.0. The van der Waals surface area contributed by atoms with Crippen LogP contribution in [0.25, 0.3) is 0 Å². The zero-order valence-electron chi connectivity index (χ0n) is 14.7. The average molecular weight is 372 g/mol. The van der Waals surface area contributed by atoms with E-state index in [1.54, 1.807) is 4.68 Å². The van der Waals surface area contributed by atoms with Crippen LogP contribution in [0.5, 0.6) is 0 Å². The molecule has 0 spiro atoms. The Balaban J connectivity index is 1.87. The summed E-state index contributed by atoms with van der Waals surface area (Å²) in [6.07, 6.45) is 0. The molecular weight excluding hydrogens is 349 g/mol. The first-order valence-corrected chi connectivity index (χ1v) is 8.64. The van der Waals surface area contributed by atoms with Crippen molar-refractivity contribution in [3.8, 4) is 0 Å². The van der Waals surface area contributed by atoms with Gasteiger partial charge in [0.1, 0.15) is 0 Å². The molecule has 0 radical (unpaired) electrons. The maximum Gasteiger partial charge on any atom is 0.224 e. The van der Waals surface area contributed by atoms with Crippen LogP contribution >= 0.6 is 23.2 Å². The summed E-state index contributed by atoms with van der Waals surface area (Å²) >= 11 is 12.3. The van der Waals surface area contributed by atoms with Crippen LogP contribution in [0.4, 0.5) is 0 Å². The number of rotatable bonds is 6. The fourth-order valence-corrected chi connectivity index (χ4v) is 2.82. The topological polar surface area (TPSA) is 64.7 Å². The van der Waals surface area contributed by atoms with E-state index in [0.29, 0.717) is 29.7 Å². The van der Waals surface area contributed by atoms with Crippen molar-refractivity contribution in [2.45, 2.75) is 47.7 Å². The van der Waals surface area contributed by atoms with E-state index in [2.05, 4.69) is 15.5 Å². The van der Waals surface area contributed by atoms with Gasteiger partial charge in [-0.05, 0) is 27.7 Å². The highest BCUT2D eigenvalue weighted by molar-refractivity contribution is 6.32. The van der Waals surface area contributed by atoms with Crippen molar-refractivity contribution >= 4 is 29.1 Å². The van der Waals surface area contributed by atoms with Crippen LogP contribution in [0, 0.1) is 33.6 Å². The Morgan fingerprint density at radius 2 is 1.54 bits per heavy atom. The Morgan fingerprint density at radius 3 is 2.00 bits per heavy atom. The van der Waals surface area contributed by atoms with Gasteiger partial charge in [-0.15, -0.1) is 0 Å². The van der Waals surface area contributed by atoms with Gasteiger partial charge in [-0.1, -0.05) is 30.1 Å². The summed E-state index contributed by atoms with van der Waals surface area (Å²) in [4.78, 5) is 12.3. The Bertz CT molecular complexity index is 750. The molecule has 8 heteroatoms. The number of halogens is 2. The summed E-state index contributed by atoms with van der Waals surface area (Å²) in [6.45, 7) is 11.0. The number of hydrogen-bond donors (Lipinski definition) is 1. The quantitative estimate of drug-likeness (QED) is 0.848. The van der Waals surface area contributed by atoms with Crippen molar-refractivity contribution in [2.24, 2.45) is 5.92 Å². The van der Waals surface area contributed by atoms with E-state index in [1.165, 1.54) is 0 Å². The fraction of sp³-hybridized carbons (Fsp3) is 0.562. The molecule has 0 aliphatic heterocycles. The number of nitrogens with one attached hydrogen (secondary N) is 1. The lowest BCUT2D eigenvalue weighted by Crippen LogP contribution is -2.34. The fourth-order valence-electron chi connectivity index (χ4n) is 2.55. The van der Waals surface area contributed by atoms with Crippen LogP contribution in [0.3, 0.4) is 0 Å². The van der Waals surface area contributed by atoms with Gasteiger partial charge in [-0.2, -0.15) is 10.2 Å². The van der Waals surface area contributed by atoms with Crippen LogP contribution in [-0.4, -0.2) is 32.0 Å². The van der Waals surface area contributed by atoms with Crippen molar-refractivity contribution in [3.05, 3.63) is 32.8 Å². The number of carbonyl (C=O) groups is 1. The first kappa shape index (κ1) is 18.8. The predicted octanol–water partition coefficient (Wildman–Crippen LogP) is 3.07. The summed E-state index contributed by atoms with van der Waals surface area (Å²) in [7, 11) is 0. The predicted molar refractivity (Wildman–Crippen MR) is 95.6 cm³/mol. The molecular formula is C16H23Cl2N5O. The third-order valence-corrected chi connectivity index (χ3v) is 5.20. The molecule has 132 valence electrons. The molecule has 0 saturated heterocycles. The van der Waals surface area contributed by atoms with Crippen molar-refractivity contribution < 1.29 is 4.79 Å². The maximum absolute atomic E-state index is 12.3. The molecule has 2 rings (SSSR count). The first-order chi connectivity index (χ1) is 11.2. The lowest BCUT2D eigenvalue weighted by molar-refractivity contribution is -0.125. The summed E-state index contributed by atoms with van der Waals surface area (Å²) in [5.74, 6) is -0.227. The first-order valence-electron chi connectivity index (χ1n) is 7.89. The monoisotopic (exact) mass is 371 g/mol. The molecule has 24 heavy (non-hydrogen) atoms. The Kier molecular flexibility index (Phi) is 5.93. The molecule has 1 unspecified atom stereocenters. The molecule has 0 saturated carbocycles. The van der Waals surface area contributed by atoms with Crippen LogP contribution < -0.4 is 5.32 Å². The van der Waals surface area contributed by atoms with Crippen molar-refractivity contribution in [1.82, 2.24) is 24.9 Å². The van der Waals surface area contributed by atoms with Gasteiger partial charge in [-0.3, -0.25) is 14.2 Å². The maximum atomic E-state index is 12.3. The number of amides is 1. The van der Waals surface area contributed by atoms with Crippen LogP contribution in [0.1, 0.15) is 29.7 Å². The number of aromatic nitrogens is 4. The minimum atomic E-state index is -0.205. The van der Waals surface area contributed by atoms with Crippen LogP contribution in [0.15, 0.2) is 0 Å². The van der Waals surface area contributed by atoms with E-state index in [-0.39, 0.29) is 11.8 Å². The summed E-state index contributed by atoms with van der Waals surface area (Å²) < 4.78 is 3.59. The molecule has 2 aromatic heterocycles. The number of hydrogen-bond acceptors (Lipinski definition) is 3. The zero-order valence-corrected chi connectivity index (χ0v) is 16.2. The van der Waals surface area contributed by atoms with Gasteiger partial charge < -0.3 is 5.32 Å². The third kappa shape index (κ3) is 3.92. The standard InChI is InChI=1S/C16H23Cl2N5O/c1-9(8-23-13(5)15(18)11(3)21-23)16(24)19-6-7-22-12(4)14(17)10(2)20-22/h9H,6-8H2,1-5H3,(H,19,24). The van der Waals surface area contributed by atoms with E-state index in [1.807, 2.05) is 39.3 Å². The second-order valence-corrected chi connectivity index (χ2v) is 6.82. The largest absolute Gasteiger partial charge is 0.354 e. The van der Waals surface area contributed by atoms with E-state index in [9.17, 15) is 4.79 Å². The second kappa shape index (κ2) is 7.57. The van der Waals surface area contributed by atoms with Gasteiger partial charge in [0.25, 0.3) is 0 Å². The Labute approximate surface area is 152 Å². The van der Waals surface area contributed by atoms with Crippen molar-refractivity contribution in [3.63, 3.8) is 0 Å². The highest BCUT2D eigenvalue weighted by Crippen LogP contribution is 2.20. The molecule has 1 N–H and O–H groups in total. The van der Waals surface area contributed by atoms with E-state index in [0.717, 1.165) is 22.8 Å². The molecule has 1 amide bonds. The van der Waals surface area contributed by atoms with E-state index >= 15 is 0 Å². The molecule has 1 atom stereocenters. The van der Waals surface area contributed by atoms with Gasteiger partial charge in [0.05, 0.1) is 51.8 Å². The van der Waals surface area contributed by atoms with Gasteiger partial charge >= 0.3 is 0 Å². The van der Waals surface area contributed by atoms with Crippen molar-refractivity contribution in [2.75, 3.05) is 6.54 Å². The third-order valence-electron chi connectivity index (χ3n) is 4.10. The van der Waals surface area contributed by atoms with Gasteiger partial charge in [-0.25, -0.2) is 0 Å². The van der Waals surface area contributed by atoms with Crippen molar-refractivity contribution in [1.29, 1.82) is 0 Å². The van der Waals surface area contributed by atoms with Crippen LogP contribution in [-0.2, 0) is 17.9 Å².